The van der Waals surface area contributed by atoms with Gasteiger partial charge in [-0.2, -0.15) is 0 Å². The van der Waals surface area contributed by atoms with E-state index in [0.29, 0.717) is 5.56 Å². The second kappa shape index (κ2) is 4.74. The third-order valence-electron chi connectivity index (χ3n) is 2.14. The Morgan fingerprint density at radius 1 is 1.33 bits per heavy atom. The van der Waals surface area contributed by atoms with Crippen LogP contribution in [0.25, 0.3) is 0 Å². The number of benzene rings is 1. The Hall–Kier alpha value is -0.910. The molecule has 0 amide bonds. The van der Waals surface area contributed by atoms with E-state index in [2.05, 4.69) is 5.73 Å². The third kappa shape index (κ3) is 3.62. The highest BCUT2D eigenvalue weighted by atomic mass is 32.2. The van der Waals surface area contributed by atoms with Gasteiger partial charge in [-0.3, -0.25) is 0 Å². The van der Waals surface area contributed by atoms with Gasteiger partial charge in [-0.25, -0.2) is 8.42 Å². The summed E-state index contributed by atoms with van der Waals surface area (Å²) in [7, 11) is -4.30. The maximum Gasteiger partial charge on any atom is 0.102 e. The molecule has 0 aromatic heterocycles. The molecule has 5 heteroatoms. The predicted octanol–water partition coefficient (Wildman–Crippen LogP) is 0.293. The number of hydrogen-bond acceptors (Lipinski definition) is 3. The standard InChI is InChI=1S/C10H15NO3S/c1-8(11)7-10(15(12,13)14)9-5-3-2-4-6-9/h2-6,8,10H,7,11H2,1H3,(H,12,13,14)/t8-,10+/m0/s1. The Bertz CT molecular complexity index is 400. The number of rotatable bonds is 4. The molecule has 0 spiro atoms. The minimum Gasteiger partial charge on any atom is -0.747 e. The van der Waals surface area contributed by atoms with E-state index in [0.717, 1.165) is 0 Å². The van der Waals surface area contributed by atoms with Crippen LogP contribution in [0.4, 0.5) is 0 Å². The fourth-order valence-electron chi connectivity index (χ4n) is 1.45. The van der Waals surface area contributed by atoms with Crippen LogP contribution in [0.1, 0.15) is 24.2 Å². The van der Waals surface area contributed by atoms with E-state index in [1.165, 1.54) is 0 Å². The van der Waals surface area contributed by atoms with Crippen molar-refractivity contribution in [1.82, 2.24) is 0 Å². The first-order valence-electron chi connectivity index (χ1n) is 4.74. The lowest BCUT2D eigenvalue weighted by Gasteiger charge is -2.21. The average molecular weight is 229 g/mol. The van der Waals surface area contributed by atoms with Crippen molar-refractivity contribution in [3.8, 4) is 0 Å². The van der Waals surface area contributed by atoms with Crippen molar-refractivity contribution in [2.24, 2.45) is 0 Å². The highest BCUT2D eigenvalue weighted by Gasteiger charge is 2.21. The number of quaternary nitrogens is 1. The van der Waals surface area contributed by atoms with E-state index >= 15 is 0 Å². The van der Waals surface area contributed by atoms with Crippen LogP contribution in [0.15, 0.2) is 30.3 Å². The minimum atomic E-state index is -4.30. The van der Waals surface area contributed by atoms with Gasteiger partial charge in [0.25, 0.3) is 0 Å². The summed E-state index contributed by atoms with van der Waals surface area (Å²) in [5, 5.41) is -0.980. The van der Waals surface area contributed by atoms with Crippen LogP contribution < -0.4 is 5.73 Å². The highest BCUT2D eigenvalue weighted by Crippen LogP contribution is 2.25. The van der Waals surface area contributed by atoms with Crippen molar-refractivity contribution in [3.63, 3.8) is 0 Å². The Kier molecular flexibility index (Phi) is 3.84. The Morgan fingerprint density at radius 3 is 2.27 bits per heavy atom. The second-order valence-corrected chi connectivity index (χ2v) is 5.29. The van der Waals surface area contributed by atoms with Crippen molar-refractivity contribution in [1.29, 1.82) is 0 Å². The summed E-state index contributed by atoms with van der Waals surface area (Å²) < 4.78 is 33.3. The third-order valence-corrected chi connectivity index (χ3v) is 3.30. The van der Waals surface area contributed by atoms with Crippen molar-refractivity contribution in [3.05, 3.63) is 35.9 Å². The summed E-state index contributed by atoms with van der Waals surface area (Å²) in [6.45, 7) is 1.79. The molecule has 15 heavy (non-hydrogen) atoms. The van der Waals surface area contributed by atoms with E-state index in [1.54, 1.807) is 37.3 Å². The van der Waals surface area contributed by atoms with Gasteiger partial charge in [-0.05, 0) is 12.5 Å². The molecular formula is C10H15NO3S. The predicted molar refractivity (Wildman–Crippen MR) is 55.8 cm³/mol. The molecule has 0 unspecified atom stereocenters. The zero-order valence-corrected chi connectivity index (χ0v) is 9.41. The molecule has 0 fully saturated rings. The van der Waals surface area contributed by atoms with Crippen molar-refractivity contribution in [2.45, 2.75) is 24.6 Å². The van der Waals surface area contributed by atoms with Gasteiger partial charge in [0.1, 0.15) is 10.1 Å². The molecule has 0 aliphatic carbocycles. The molecule has 1 aromatic carbocycles. The van der Waals surface area contributed by atoms with E-state index < -0.39 is 15.4 Å². The second-order valence-electron chi connectivity index (χ2n) is 3.73. The van der Waals surface area contributed by atoms with Gasteiger partial charge >= 0.3 is 0 Å². The van der Waals surface area contributed by atoms with Crippen LogP contribution in [-0.4, -0.2) is 19.0 Å². The largest absolute Gasteiger partial charge is 0.747 e. The molecule has 1 aromatic rings. The van der Waals surface area contributed by atoms with Crippen LogP contribution >= 0.6 is 0 Å². The zero-order chi connectivity index (χ0) is 11.5. The molecule has 84 valence electrons. The smallest absolute Gasteiger partial charge is 0.102 e. The highest BCUT2D eigenvalue weighted by molar-refractivity contribution is 7.86. The quantitative estimate of drug-likeness (QED) is 0.753. The van der Waals surface area contributed by atoms with E-state index in [-0.39, 0.29) is 12.5 Å². The summed E-state index contributed by atoms with van der Waals surface area (Å²) in [5.41, 5.74) is 4.26. The molecule has 0 radical (unpaired) electrons. The van der Waals surface area contributed by atoms with E-state index in [9.17, 15) is 13.0 Å². The molecule has 3 N–H and O–H groups in total. The van der Waals surface area contributed by atoms with Crippen molar-refractivity contribution < 1.29 is 18.7 Å². The maximum absolute atomic E-state index is 11.1. The van der Waals surface area contributed by atoms with Gasteiger partial charge in [0.2, 0.25) is 0 Å². The fraction of sp³-hybridized carbons (Fsp3) is 0.400. The summed E-state index contributed by atoms with van der Waals surface area (Å²) in [5.74, 6) is 0. The molecule has 2 atom stereocenters. The first-order chi connectivity index (χ1) is 6.91. The monoisotopic (exact) mass is 229 g/mol. The lowest BCUT2D eigenvalue weighted by atomic mass is 10.1. The minimum absolute atomic E-state index is 0.0704. The Balaban J connectivity index is 3.03. The van der Waals surface area contributed by atoms with Crippen LogP contribution in [0, 0.1) is 0 Å². The maximum atomic E-state index is 11.1. The topological polar surface area (TPSA) is 84.8 Å². The van der Waals surface area contributed by atoms with Crippen LogP contribution in [-0.2, 0) is 10.1 Å². The van der Waals surface area contributed by atoms with E-state index in [4.69, 9.17) is 0 Å². The Morgan fingerprint density at radius 2 is 1.87 bits per heavy atom. The molecule has 0 bridgehead atoms. The fourth-order valence-corrected chi connectivity index (χ4v) is 2.51. The first-order valence-corrected chi connectivity index (χ1v) is 6.21. The lowest BCUT2D eigenvalue weighted by Crippen LogP contribution is -2.59. The van der Waals surface area contributed by atoms with Crippen molar-refractivity contribution in [2.75, 3.05) is 0 Å². The van der Waals surface area contributed by atoms with Gasteiger partial charge < -0.3 is 10.3 Å². The van der Waals surface area contributed by atoms with E-state index in [1.807, 2.05) is 0 Å². The molecular weight excluding hydrogens is 214 g/mol. The first kappa shape index (κ1) is 12.2. The molecule has 4 nitrogen and oxygen atoms in total. The summed E-state index contributed by atoms with van der Waals surface area (Å²) in [6.07, 6.45) is 0.260. The molecule has 0 heterocycles. The van der Waals surface area contributed by atoms with Crippen LogP contribution in [0.3, 0.4) is 0 Å². The van der Waals surface area contributed by atoms with Crippen molar-refractivity contribution >= 4 is 10.1 Å². The van der Waals surface area contributed by atoms with Crippen LogP contribution in [0.2, 0.25) is 0 Å². The van der Waals surface area contributed by atoms with Crippen LogP contribution in [0.5, 0.6) is 0 Å². The summed E-state index contributed by atoms with van der Waals surface area (Å²) >= 11 is 0. The molecule has 0 aliphatic rings. The summed E-state index contributed by atoms with van der Waals surface area (Å²) in [6, 6.07) is 8.47. The average Bonchev–Trinajstić information content (AvgIpc) is 2.14. The SMILES string of the molecule is C[C@H]([NH3+])C[C@H](c1ccccc1)S(=O)(=O)[O-]. The molecule has 1 rings (SSSR count). The lowest BCUT2D eigenvalue weighted by molar-refractivity contribution is -0.415. The normalized spacial score (nSPS) is 15.9. The zero-order valence-electron chi connectivity index (χ0n) is 8.59. The molecule has 0 aliphatic heterocycles. The summed E-state index contributed by atoms with van der Waals surface area (Å²) in [4.78, 5) is 0. The van der Waals surface area contributed by atoms with Gasteiger partial charge in [0, 0.05) is 6.42 Å². The van der Waals surface area contributed by atoms with Gasteiger partial charge in [-0.1, -0.05) is 30.3 Å². The number of hydrogen-bond donors (Lipinski definition) is 1. The molecule has 0 saturated carbocycles. The van der Waals surface area contributed by atoms with Gasteiger partial charge in [0.05, 0.1) is 11.3 Å². The molecule has 0 saturated heterocycles. The van der Waals surface area contributed by atoms with Gasteiger partial charge in [0.15, 0.2) is 0 Å². The van der Waals surface area contributed by atoms with Gasteiger partial charge in [-0.15, -0.1) is 0 Å². The Labute approximate surface area is 89.9 Å².